The molecule has 138 valence electrons. The molecule has 0 atom stereocenters. The van der Waals surface area contributed by atoms with Crippen molar-refractivity contribution in [2.45, 2.75) is 26.6 Å². The molecule has 5 aromatic rings. The smallest absolute Gasteiger partial charge is 0.0491 e. The van der Waals surface area contributed by atoms with Crippen molar-refractivity contribution >= 4 is 32.6 Å². The van der Waals surface area contributed by atoms with E-state index in [0.29, 0.717) is 0 Å². The van der Waals surface area contributed by atoms with Crippen molar-refractivity contribution in [1.29, 1.82) is 0 Å². The molecule has 1 N–H and O–H groups in total. The van der Waals surface area contributed by atoms with Gasteiger partial charge in [0.2, 0.25) is 0 Å². The molecule has 1 heterocycles. The topological polar surface area (TPSA) is 17.0 Å². The Morgan fingerprint density at radius 2 is 1.32 bits per heavy atom. The van der Waals surface area contributed by atoms with Gasteiger partial charge in [0.1, 0.15) is 0 Å². The Balaban J connectivity index is 1.38. The summed E-state index contributed by atoms with van der Waals surface area (Å²) in [6.45, 7) is 4.95. The van der Waals surface area contributed by atoms with E-state index in [1.807, 2.05) is 0 Å². The van der Waals surface area contributed by atoms with Crippen LogP contribution in [0.4, 0.5) is 0 Å². The molecule has 0 aliphatic heterocycles. The van der Waals surface area contributed by atoms with Crippen molar-refractivity contribution in [3.8, 4) is 0 Å². The van der Waals surface area contributed by atoms with Crippen LogP contribution in [0.15, 0.2) is 84.9 Å². The van der Waals surface area contributed by atoms with E-state index in [1.54, 1.807) is 0 Å². The summed E-state index contributed by atoms with van der Waals surface area (Å²) in [5.41, 5.74) is 5.29. The highest BCUT2D eigenvalue weighted by atomic mass is 15.0. The van der Waals surface area contributed by atoms with Crippen LogP contribution < -0.4 is 5.32 Å². The minimum atomic E-state index is 0.869. The molecule has 0 aliphatic carbocycles. The number of aromatic nitrogens is 1. The summed E-state index contributed by atoms with van der Waals surface area (Å²) < 4.78 is 2.40. The maximum atomic E-state index is 3.61. The summed E-state index contributed by atoms with van der Waals surface area (Å²) in [7, 11) is 0. The lowest BCUT2D eigenvalue weighted by Gasteiger charge is -2.08. The highest BCUT2D eigenvalue weighted by molar-refractivity contribution is 6.08. The number of rotatable bonds is 5. The fourth-order valence-corrected chi connectivity index (χ4v) is 4.25. The Hall–Kier alpha value is -3.10. The normalized spacial score (nSPS) is 11.6. The first-order valence-corrected chi connectivity index (χ1v) is 10.0. The molecule has 2 nitrogen and oxygen atoms in total. The van der Waals surface area contributed by atoms with E-state index in [4.69, 9.17) is 0 Å². The number of hydrogen-bond acceptors (Lipinski definition) is 1. The van der Waals surface area contributed by atoms with Gasteiger partial charge in [0.25, 0.3) is 0 Å². The standard InChI is InChI=1S/C26H24N2/c1-2-28-25-10-6-5-9-23(25)24-16-20(12-14-26(24)28)18-27-17-19-11-13-21-7-3-4-8-22(21)15-19/h3-16,27H,2,17-18H2,1H3. The van der Waals surface area contributed by atoms with E-state index in [2.05, 4.69) is 102 Å². The number of hydrogen-bond donors (Lipinski definition) is 1. The molecule has 0 bridgehead atoms. The zero-order valence-electron chi connectivity index (χ0n) is 16.2. The highest BCUT2D eigenvalue weighted by Crippen LogP contribution is 2.29. The molecule has 0 radical (unpaired) electrons. The van der Waals surface area contributed by atoms with Crippen LogP contribution in [0, 0.1) is 0 Å². The van der Waals surface area contributed by atoms with E-state index in [9.17, 15) is 0 Å². The lowest BCUT2D eigenvalue weighted by atomic mass is 10.1. The zero-order chi connectivity index (χ0) is 18.9. The van der Waals surface area contributed by atoms with Crippen LogP contribution in [0.5, 0.6) is 0 Å². The summed E-state index contributed by atoms with van der Waals surface area (Å²) in [5, 5.41) is 8.90. The first kappa shape index (κ1) is 17.0. The first-order valence-electron chi connectivity index (χ1n) is 10.0. The molecule has 0 spiro atoms. The second-order valence-corrected chi connectivity index (χ2v) is 7.40. The molecule has 5 rings (SSSR count). The van der Waals surface area contributed by atoms with E-state index in [1.165, 1.54) is 43.7 Å². The van der Waals surface area contributed by atoms with Crippen LogP contribution in [-0.2, 0) is 19.6 Å². The van der Waals surface area contributed by atoms with Gasteiger partial charge >= 0.3 is 0 Å². The van der Waals surface area contributed by atoms with Gasteiger partial charge in [0.05, 0.1) is 0 Å². The van der Waals surface area contributed by atoms with E-state index >= 15 is 0 Å². The van der Waals surface area contributed by atoms with Gasteiger partial charge in [0.15, 0.2) is 0 Å². The number of aryl methyl sites for hydroxylation is 1. The summed E-state index contributed by atoms with van der Waals surface area (Å²) in [6.07, 6.45) is 0. The predicted molar refractivity (Wildman–Crippen MR) is 120 cm³/mol. The predicted octanol–water partition coefficient (Wildman–Crippen LogP) is 6.26. The molecular weight excluding hydrogens is 340 g/mol. The summed E-state index contributed by atoms with van der Waals surface area (Å²) >= 11 is 0. The largest absolute Gasteiger partial charge is 0.341 e. The van der Waals surface area contributed by atoms with Gasteiger partial charge in [-0.05, 0) is 53.1 Å². The fourth-order valence-electron chi connectivity index (χ4n) is 4.25. The summed E-state index contributed by atoms with van der Waals surface area (Å²) in [6, 6.07) is 30.8. The quantitative estimate of drug-likeness (QED) is 0.389. The minimum Gasteiger partial charge on any atom is -0.341 e. The number of benzene rings is 4. The van der Waals surface area contributed by atoms with Crippen LogP contribution in [0.2, 0.25) is 0 Å². The second kappa shape index (κ2) is 7.14. The van der Waals surface area contributed by atoms with Crippen molar-refractivity contribution in [2.24, 2.45) is 0 Å². The zero-order valence-corrected chi connectivity index (χ0v) is 16.2. The van der Waals surface area contributed by atoms with Crippen molar-refractivity contribution < 1.29 is 0 Å². The van der Waals surface area contributed by atoms with Crippen molar-refractivity contribution in [3.63, 3.8) is 0 Å². The van der Waals surface area contributed by atoms with Crippen LogP contribution in [-0.4, -0.2) is 4.57 Å². The second-order valence-electron chi connectivity index (χ2n) is 7.40. The van der Waals surface area contributed by atoms with Gasteiger partial charge in [-0.1, -0.05) is 60.7 Å². The lowest BCUT2D eigenvalue weighted by molar-refractivity contribution is 0.694. The highest BCUT2D eigenvalue weighted by Gasteiger charge is 2.09. The van der Waals surface area contributed by atoms with Gasteiger partial charge < -0.3 is 9.88 Å². The average molecular weight is 364 g/mol. The molecule has 0 fully saturated rings. The van der Waals surface area contributed by atoms with E-state index in [0.717, 1.165) is 19.6 Å². The van der Waals surface area contributed by atoms with E-state index in [-0.39, 0.29) is 0 Å². The van der Waals surface area contributed by atoms with Gasteiger partial charge in [-0.3, -0.25) is 0 Å². The molecular formula is C26H24N2. The van der Waals surface area contributed by atoms with Gasteiger partial charge in [-0.2, -0.15) is 0 Å². The molecule has 2 heteroatoms. The van der Waals surface area contributed by atoms with Gasteiger partial charge in [0, 0.05) is 41.4 Å². The Labute approximate surface area is 165 Å². The van der Waals surface area contributed by atoms with Crippen molar-refractivity contribution in [1.82, 2.24) is 9.88 Å². The number of nitrogens with one attached hydrogen (secondary N) is 1. The van der Waals surface area contributed by atoms with E-state index < -0.39 is 0 Å². The molecule has 0 unspecified atom stereocenters. The van der Waals surface area contributed by atoms with Crippen LogP contribution in [0.25, 0.3) is 32.6 Å². The molecule has 28 heavy (non-hydrogen) atoms. The van der Waals surface area contributed by atoms with Crippen LogP contribution in [0.1, 0.15) is 18.1 Å². The molecule has 1 aromatic heterocycles. The maximum absolute atomic E-state index is 3.61. The Morgan fingerprint density at radius 1 is 0.643 bits per heavy atom. The van der Waals surface area contributed by atoms with Gasteiger partial charge in [-0.15, -0.1) is 0 Å². The molecule has 0 amide bonds. The monoisotopic (exact) mass is 364 g/mol. The van der Waals surface area contributed by atoms with Crippen LogP contribution >= 0.6 is 0 Å². The SMILES string of the molecule is CCn1c2ccccc2c2cc(CNCc3ccc4ccccc4c3)ccc21. The summed E-state index contributed by atoms with van der Waals surface area (Å²) in [4.78, 5) is 0. The Bertz CT molecular complexity index is 1280. The third kappa shape index (κ3) is 2.96. The molecule has 4 aromatic carbocycles. The van der Waals surface area contributed by atoms with Gasteiger partial charge in [-0.25, -0.2) is 0 Å². The number of para-hydroxylation sites is 1. The Kier molecular flexibility index (Phi) is 4.34. The summed E-state index contributed by atoms with van der Waals surface area (Å²) in [5.74, 6) is 0. The Morgan fingerprint density at radius 3 is 2.18 bits per heavy atom. The molecule has 0 aliphatic rings. The third-order valence-electron chi connectivity index (χ3n) is 5.63. The third-order valence-corrected chi connectivity index (χ3v) is 5.63. The first-order chi connectivity index (χ1) is 13.8. The number of nitrogens with zero attached hydrogens (tertiary/aromatic N) is 1. The molecule has 0 saturated heterocycles. The lowest BCUT2D eigenvalue weighted by Crippen LogP contribution is -2.12. The van der Waals surface area contributed by atoms with Crippen molar-refractivity contribution in [3.05, 3.63) is 96.1 Å². The number of fused-ring (bicyclic) bond motifs is 4. The fraction of sp³-hybridized carbons (Fsp3) is 0.154. The maximum Gasteiger partial charge on any atom is 0.0491 e. The van der Waals surface area contributed by atoms with Crippen molar-refractivity contribution in [2.75, 3.05) is 0 Å². The molecule has 0 saturated carbocycles. The average Bonchev–Trinajstić information content (AvgIpc) is 3.07. The minimum absolute atomic E-state index is 0.869. The van der Waals surface area contributed by atoms with Crippen LogP contribution in [0.3, 0.4) is 0 Å².